The van der Waals surface area contributed by atoms with Crippen molar-refractivity contribution in [2.24, 2.45) is 10.9 Å². The number of para-hydroxylation sites is 3. The standard InChI is InChI=1S/C26H34N2O3/c1-19-7-3-4-8-24(19)27-14-13-20-15-21-11-12-22(16-20)28(21)17-23(29)18-31-26-10-6-5-9-25(26)30-2/h3-10,14,20-23,29H,11-13,15-18H2,1-2H3/b27-14+. The summed E-state index contributed by atoms with van der Waals surface area (Å²) >= 11 is 0. The molecule has 166 valence electrons. The Labute approximate surface area is 185 Å². The summed E-state index contributed by atoms with van der Waals surface area (Å²) in [6.07, 6.45) is 7.48. The molecule has 2 aliphatic rings. The van der Waals surface area contributed by atoms with Crippen LogP contribution in [0.25, 0.3) is 0 Å². The highest BCUT2D eigenvalue weighted by Crippen LogP contribution is 2.39. The zero-order chi connectivity index (χ0) is 21.6. The number of aryl methyl sites for hydroxylation is 1. The Morgan fingerprint density at radius 3 is 2.45 bits per heavy atom. The van der Waals surface area contributed by atoms with Crippen LogP contribution in [0.1, 0.15) is 37.7 Å². The van der Waals surface area contributed by atoms with Crippen LogP contribution in [-0.2, 0) is 0 Å². The molecule has 0 saturated carbocycles. The quantitative estimate of drug-likeness (QED) is 0.591. The third kappa shape index (κ3) is 5.46. The summed E-state index contributed by atoms with van der Waals surface area (Å²) < 4.78 is 11.2. The lowest BCUT2D eigenvalue weighted by Gasteiger charge is -2.39. The molecular weight excluding hydrogens is 388 g/mol. The summed E-state index contributed by atoms with van der Waals surface area (Å²) in [5.74, 6) is 2.06. The molecule has 2 bridgehead atoms. The molecule has 31 heavy (non-hydrogen) atoms. The fourth-order valence-electron chi connectivity index (χ4n) is 5.11. The van der Waals surface area contributed by atoms with Gasteiger partial charge in [0.05, 0.1) is 12.8 Å². The second-order valence-corrected chi connectivity index (χ2v) is 8.87. The second kappa shape index (κ2) is 10.3. The zero-order valence-corrected chi connectivity index (χ0v) is 18.6. The van der Waals surface area contributed by atoms with Crippen LogP contribution in [-0.4, -0.2) is 54.7 Å². The van der Waals surface area contributed by atoms with Gasteiger partial charge in [-0.15, -0.1) is 0 Å². The number of aliphatic hydroxyl groups excluding tert-OH is 1. The average Bonchev–Trinajstić information content (AvgIpc) is 3.01. The van der Waals surface area contributed by atoms with Gasteiger partial charge in [0.1, 0.15) is 12.7 Å². The van der Waals surface area contributed by atoms with Crippen LogP contribution in [0.5, 0.6) is 11.5 Å². The molecule has 2 fully saturated rings. The number of aliphatic hydroxyl groups is 1. The number of benzene rings is 2. The van der Waals surface area contributed by atoms with E-state index in [1.807, 2.05) is 30.3 Å². The molecular formula is C26H34N2O3. The molecule has 0 aliphatic carbocycles. The van der Waals surface area contributed by atoms with E-state index in [1.165, 1.54) is 31.2 Å². The third-order valence-corrected chi connectivity index (χ3v) is 6.69. The van der Waals surface area contributed by atoms with Gasteiger partial charge in [-0.2, -0.15) is 0 Å². The van der Waals surface area contributed by atoms with Gasteiger partial charge in [-0.3, -0.25) is 9.89 Å². The van der Waals surface area contributed by atoms with Crippen molar-refractivity contribution in [3.63, 3.8) is 0 Å². The van der Waals surface area contributed by atoms with Crippen LogP contribution in [0.3, 0.4) is 0 Å². The zero-order valence-electron chi connectivity index (χ0n) is 18.6. The normalized spacial score (nSPS) is 24.4. The minimum absolute atomic E-state index is 0.281. The first kappa shape index (κ1) is 21.8. The molecule has 0 aromatic heterocycles. The number of fused-ring (bicyclic) bond motifs is 2. The van der Waals surface area contributed by atoms with E-state index in [4.69, 9.17) is 14.5 Å². The van der Waals surface area contributed by atoms with E-state index in [1.54, 1.807) is 7.11 Å². The number of nitrogens with zero attached hydrogens (tertiary/aromatic N) is 2. The van der Waals surface area contributed by atoms with Crippen molar-refractivity contribution in [3.05, 3.63) is 54.1 Å². The van der Waals surface area contributed by atoms with Crippen molar-refractivity contribution in [3.8, 4) is 11.5 Å². The van der Waals surface area contributed by atoms with Crippen LogP contribution in [0, 0.1) is 12.8 Å². The summed E-state index contributed by atoms with van der Waals surface area (Å²) in [6, 6.07) is 17.0. The Balaban J connectivity index is 1.26. The molecule has 5 nitrogen and oxygen atoms in total. The fourth-order valence-corrected chi connectivity index (χ4v) is 5.11. The Bertz CT molecular complexity index is 870. The van der Waals surface area contributed by atoms with Crippen molar-refractivity contribution < 1.29 is 14.6 Å². The van der Waals surface area contributed by atoms with Gasteiger partial charge in [-0.1, -0.05) is 30.3 Å². The summed E-state index contributed by atoms with van der Waals surface area (Å²) in [5, 5.41) is 10.6. The van der Waals surface area contributed by atoms with E-state index >= 15 is 0 Å². The number of rotatable bonds is 9. The molecule has 0 amide bonds. The summed E-state index contributed by atoms with van der Waals surface area (Å²) in [5.41, 5.74) is 2.29. The number of piperidine rings is 1. The van der Waals surface area contributed by atoms with E-state index in [9.17, 15) is 5.11 Å². The average molecular weight is 423 g/mol. The minimum Gasteiger partial charge on any atom is -0.493 e. The van der Waals surface area contributed by atoms with E-state index in [0.29, 0.717) is 36.0 Å². The van der Waals surface area contributed by atoms with Crippen LogP contribution < -0.4 is 9.47 Å². The minimum atomic E-state index is -0.507. The highest BCUT2D eigenvalue weighted by atomic mass is 16.5. The Morgan fingerprint density at radius 2 is 1.74 bits per heavy atom. The predicted octanol–water partition coefficient (Wildman–Crippen LogP) is 4.78. The fraction of sp³-hybridized carbons (Fsp3) is 0.500. The maximum Gasteiger partial charge on any atom is 0.161 e. The molecule has 2 aromatic carbocycles. The molecule has 2 aliphatic heterocycles. The van der Waals surface area contributed by atoms with Crippen LogP contribution in [0.2, 0.25) is 0 Å². The summed E-state index contributed by atoms with van der Waals surface area (Å²) in [4.78, 5) is 7.22. The lowest BCUT2D eigenvalue weighted by Crippen LogP contribution is -2.47. The number of ether oxygens (including phenoxy) is 2. The first-order chi connectivity index (χ1) is 15.1. The molecule has 2 saturated heterocycles. The van der Waals surface area contributed by atoms with E-state index < -0.39 is 6.10 Å². The van der Waals surface area contributed by atoms with Gasteiger partial charge in [-0.25, -0.2) is 0 Å². The molecule has 4 rings (SSSR count). The molecule has 2 aromatic rings. The molecule has 0 spiro atoms. The molecule has 1 N–H and O–H groups in total. The SMILES string of the molecule is COc1ccccc1OCC(O)CN1C2CCC1CC(C/C=N/c1ccccc1C)C2. The Morgan fingerprint density at radius 1 is 1.06 bits per heavy atom. The molecule has 5 heteroatoms. The topological polar surface area (TPSA) is 54.3 Å². The van der Waals surface area contributed by atoms with Gasteiger partial charge >= 0.3 is 0 Å². The highest BCUT2D eigenvalue weighted by Gasteiger charge is 2.40. The van der Waals surface area contributed by atoms with Crippen LogP contribution in [0.4, 0.5) is 5.69 Å². The lowest BCUT2D eigenvalue weighted by molar-refractivity contribution is 0.0247. The summed E-state index contributed by atoms with van der Waals surface area (Å²) in [7, 11) is 1.63. The Kier molecular flexibility index (Phi) is 7.25. The van der Waals surface area contributed by atoms with E-state index in [0.717, 1.165) is 12.1 Å². The lowest BCUT2D eigenvalue weighted by atomic mass is 9.88. The largest absolute Gasteiger partial charge is 0.493 e. The van der Waals surface area contributed by atoms with E-state index in [-0.39, 0.29) is 6.61 Å². The van der Waals surface area contributed by atoms with Crippen molar-refractivity contribution >= 4 is 11.9 Å². The van der Waals surface area contributed by atoms with Gasteiger partial charge in [0.15, 0.2) is 11.5 Å². The maximum absolute atomic E-state index is 10.6. The molecule has 0 radical (unpaired) electrons. The smallest absolute Gasteiger partial charge is 0.161 e. The number of aliphatic imine (C=N–C) groups is 1. The van der Waals surface area contributed by atoms with Gasteiger partial charge in [-0.05, 0) is 68.7 Å². The van der Waals surface area contributed by atoms with Crippen LogP contribution in [0.15, 0.2) is 53.5 Å². The van der Waals surface area contributed by atoms with Crippen molar-refractivity contribution in [1.82, 2.24) is 4.90 Å². The number of hydrogen-bond acceptors (Lipinski definition) is 5. The molecule has 3 atom stereocenters. The number of methoxy groups -OCH3 is 1. The highest BCUT2D eigenvalue weighted by molar-refractivity contribution is 5.64. The third-order valence-electron chi connectivity index (χ3n) is 6.69. The van der Waals surface area contributed by atoms with Crippen molar-refractivity contribution in [2.75, 3.05) is 20.3 Å². The van der Waals surface area contributed by atoms with Crippen molar-refractivity contribution in [2.45, 2.75) is 57.2 Å². The van der Waals surface area contributed by atoms with Crippen molar-refractivity contribution in [1.29, 1.82) is 0 Å². The monoisotopic (exact) mass is 422 g/mol. The van der Waals surface area contributed by atoms with Gasteiger partial charge in [0.2, 0.25) is 0 Å². The van der Waals surface area contributed by atoms with Gasteiger partial charge in [0.25, 0.3) is 0 Å². The molecule has 3 unspecified atom stereocenters. The number of hydrogen-bond donors (Lipinski definition) is 1. The first-order valence-electron chi connectivity index (χ1n) is 11.4. The Hall–Kier alpha value is -2.37. The molecule has 2 heterocycles. The second-order valence-electron chi connectivity index (χ2n) is 8.87. The van der Waals surface area contributed by atoms with Gasteiger partial charge < -0.3 is 14.6 Å². The van der Waals surface area contributed by atoms with Gasteiger partial charge in [0, 0.05) is 24.8 Å². The summed E-state index contributed by atoms with van der Waals surface area (Å²) in [6.45, 7) is 3.06. The van der Waals surface area contributed by atoms with Crippen LogP contribution >= 0.6 is 0 Å². The first-order valence-corrected chi connectivity index (χ1v) is 11.4. The maximum atomic E-state index is 10.6. The predicted molar refractivity (Wildman–Crippen MR) is 125 cm³/mol. The van der Waals surface area contributed by atoms with E-state index in [2.05, 4.69) is 36.2 Å².